The number of carboxylic acids is 1. The van der Waals surface area contributed by atoms with Gasteiger partial charge in [0.1, 0.15) is 11.6 Å². The molecule has 3 rings (SSSR count). The van der Waals surface area contributed by atoms with Gasteiger partial charge in [-0.25, -0.2) is 17.8 Å². The number of carbonyl (C=O) groups excluding carboxylic acids is 1. The van der Waals surface area contributed by atoms with Gasteiger partial charge in [0.05, 0.1) is 23.2 Å². The molecule has 2 heterocycles. The van der Waals surface area contributed by atoms with Gasteiger partial charge in [0.15, 0.2) is 0 Å². The highest BCUT2D eigenvalue weighted by molar-refractivity contribution is 7.69. The van der Waals surface area contributed by atoms with Crippen LogP contribution in [0, 0.1) is 5.82 Å². The summed E-state index contributed by atoms with van der Waals surface area (Å²) in [6.07, 6.45) is 0.529. The molecule has 0 aliphatic rings. The number of hydrogen-bond acceptors (Lipinski definition) is 6. The molecule has 33 heavy (non-hydrogen) atoms. The highest BCUT2D eigenvalue weighted by Gasteiger charge is 2.24. The number of aryl methyl sites for hydroxylation is 1. The normalized spacial score (nSPS) is 11.4. The number of rotatable bonds is 10. The van der Waals surface area contributed by atoms with E-state index in [0.717, 1.165) is 9.87 Å². The molecule has 9 nitrogen and oxygen atoms in total. The van der Waals surface area contributed by atoms with Gasteiger partial charge in [-0.2, -0.15) is 4.31 Å². The number of hydrogen-bond donors (Lipinski definition) is 3. The molecule has 0 unspecified atom stereocenters. The SMILES string of the molecule is CCc1cc2c(C(=O)NC)c(-c3ccc(F)cc3)oc2nc1CN(CCCC(=O)O)[SH](=O)=O. The average Bonchev–Trinajstić information content (AvgIpc) is 3.15. The second-order valence-corrected chi connectivity index (χ2v) is 8.36. The van der Waals surface area contributed by atoms with E-state index in [9.17, 15) is 22.4 Å². The van der Waals surface area contributed by atoms with E-state index in [2.05, 4.69) is 10.3 Å². The van der Waals surface area contributed by atoms with E-state index in [4.69, 9.17) is 9.52 Å². The summed E-state index contributed by atoms with van der Waals surface area (Å²) in [5.41, 5.74) is 2.06. The van der Waals surface area contributed by atoms with E-state index in [1.165, 1.54) is 31.3 Å². The molecule has 0 fully saturated rings. The molecule has 2 N–H and O–H groups in total. The van der Waals surface area contributed by atoms with Crippen LogP contribution in [0.4, 0.5) is 4.39 Å². The third-order valence-electron chi connectivity index (χ3n) is 5.16. The Hall–Kier alpha value is -3.31. The van der Waals surface area contributed by atoms with Gasteiger partial charge in [-0.15, -0.1) is 0 Å². The Morgan fingerprint density at radius 1 is 1.24 bits per heavy atom. The van der Waals surface area contributed by atoms with E-state index >= 15 is 0 Å². The van der Waals surface area contributed by atoms with Crippen LogP contribution in [0.15, 0.2) is 34.7 Å². The number of halogens is 1. The van der Waals surface area contributed by atoms with Gasteiger partial charge in [0.25, 0.3) is 5.91 Å². The van der Waals surface area contributed by atoms with E-state index < -0.39 is 28.6 Å². The number of thiol groups is 1. The van der Waals surface area contributed by atoms with Crippen molar-refractivity contribution in [1.29, 1.82) is 0 Å². The van der Waals surface area contributed by atoms with Crippen LogP contribution in [0.2, 0.25) is 0 Å². The van der Waals surface area contributed by atoms with Crippen LogP contribution < -0.4 is 5.32 Å². The molecule has 0 saturated carbocycles. The first-order chi connectivity index (χ1) is 15.7. The lowest BCUT2D eigenvalue weighted by Crippen LogP contribution is -2.24. The van der Waals surface area contributed by atoms with Gasteiger partial charge in [-0.1, -0.05) is 6.92 Å². The first-order valence-electron chi connectivity index (χ1n) is 10.3. The van der Waals surface area contributed by atoms with E-state index in [0.29, 0.717) is 23.1 Å². The fraction of sp³-hybridized carbons (Fsp3) is 0.318. The van der Waals surface area contributed by atoms with Crippen LogP contribution in [-0.2, 0) is 28.7 Å². The maximum Gasteiger partial charge on any atom is 0.303 e. The summed E-state index contributed by atoms with van der Waals surface area (Å²) < 4.78 is 43.9. The summed E-state index contributed by atoms with van der Waals surface area (Å²) in [4.78, 5) is 27.9. The van der Waals surface area contributed by atoms with E-state index in [1.54, 1.807) is 6.07 Å². The van der Waals surface area contributed by atoms with Crippen molar-refractivity contribution in [3.63, 3.8) is 0 Å². The first-order valence-corrected chi connectivity index (χ1v) is 11.4. The van der Waals surface area contributed by atoms with Crippen molar-refractivity contribution < 1.29 is 31.9 Å². The fourth-order valence-corrected chi connectivity index (χ4v) is 4.06. The third kappa shape index (κ3) is 5.55. The quantitative estimate of drug-likeness (QED) is 0.383. The summed E-state index contributed by atoms with van der Waals surface area (Å²) in [6.45, 7) is 1.86. The predicted octanol–water partition coefficient (Wildman–Crippen LogP) is 2.75. The van der Waals surface area contributed by atoms with Gasteiger partial charge < -0.3 is 14.8 Å². The Bertz CT molecular complexity index is 1250. The van der Waals surface area contributed by atoms with Gasteiger partial charge in [-0.05, 0) is 48.7 Å². The largest absolute Gasteiger partial charge is 0.481 e. The molecule has 0 radical (unpaired) electrons. The van der Waals surface area contributed by atoms with Crippen LogP contribution in [0.3, 0.4) is 0 Å². The summed E-state index contributed by atoms with van der Waals surface area (Å²) in [5, 5.41) is 11.8. The molecule has 1 amide bonds. The highest BCUT2D eigenvalue weighted by Crippen LogP contribution is 2.34. The maximum atomic E-state index is 13.4. The molecule has 3 aromatic rings. The van der Waals surface area contributed by atoms with Crippen LogP contribution in [-0.4, -0.2) is 48.3 Å². The number of aliphatic carboxylic acids is 1. The number of benzene rings is 1. The number of carboxylic acid groups (broad SMARTS) is 1. The number of amides is 1. The Morgan fingerprint density at radius 2 is 1.94 bits per heavy atom. The molecule has 0 bridgehead atoms. The predicted molar refractivity (Wildman–Crippen MR) is 120 cm³/mol. The smallest absolute Gasteiger partial charge is 0.303 e. The molecule has 0 aliphatic carbocycles. The zero-order valence-corrected chi connectivity index (χ0v) is 19.0. The van der Waals surface area contributed by atoms with Crippen LogP contribution >= 0.6 is 0 Å². The van der Waals surface area contributed by atoms with E-state index in [-0.39, 0.29) is 43.0 Å². The monoisotopic (exact) mass is 477 g/mol. The number of carbonyl (C=O) groups is 2. The summed E-state index contributed by atoms with van der Waals surface area (Å²) in [5.74, 6) is -1.61. The lowest BCUT2D eigenvalue weighted by molar-refractivity contribution is -0.137. The van der Waals surface area contributed by atoms with Gasteiger partial charge in [-0.3, -0.25) is 9.59 Å². The van der Waals surface area contributed by atoms with Crippen molar-refractivity contribution >= 4 is 33.9 Å². The van der Waals surface area contributed by atoms with Crippen LogP contribution in [0.1, 0.15) is 41.4 Å². The van der Waals surface area contributed by atoms with Crippen molar-refractivity contribution in [2.45, 2.75) is 32.7 Å². The summed E-state index contributed by atoms with van der Waals surface area (Å²) >= 11 is 0. The molecule has 2 aromatic heterocycles. The van der Waals surface area contributed by atoms with Gasteiger partial charge in [0.2, 0.25) is 16.6 Å². The first kappa shape index (κ1) is 24.3. The minimum atomic E-state index is -2.96. The van der Waals surface area contributed by atoms with E-state index in [1.807, 2.05) is 6.92 Å². The molecular weight excluding hydrogens is 453 g/mol. The minimum absolute atomic E-state index is 0.0380. The van der Waals surface area contributed by atoms with Crippen LogP contribution in [0.5, 0.6) is 0 Å². The number of nitrogens with zero attached hydrogens (tertiary/aromatic N) is 2. The Morgan fingerprint density at radius 3 is 2.52 bits per heavy atom. The zero-order valence-electron chi connectivity index (χ0n) is 18.1. The fourth-order valence-electron chi connectivity index (χ4n) is 3.50. The topological polar surface area (TPSA) is 130 Å². The van der Waals surface area contributed by atoms with Gasteiger partial charge in [0, 0.05) is 25.6 Å². The molecule has 1 aromatic carbocycles. The molecule has 176 valence electrons. The molecule has 0 aliphatic heterocycles. The Kier molecular flexibility index (Phi) is 7.77. The lowest BCUT2D eigenvalue weighted by atomic mass is 10.0. The van der Waals surface area contributed by atoms with Crippen molar-refractivity contribution in [2.75, 3.05) is 13.6 Å². The van der Waals surface area contributed by atoms with Gasteiger partial charge >= 0.3 is 5.97 Å². The van der Waals surface area contributed by atoms with Crippen LogP contribution in [0.25, 0.3) is 22.4 Å². The molecule has 0 saturated heterocycles. The average molecular weight is 478 g/mol. The number of fused-ring (bicyclic) bond motifs is 1. The molecule has 0 spiro atoms. The molecule has 0 atom stereocenters. The second-order valence-electron chi connectivity index (χ2n) is 7.32. The third-order valence-corrected chi connectivity index (χ3v) is 5.97. The van der Waals surface area contributed by atoms with Crippen molar-refractivity contribution in [1.82, 2.24) is 14.6 Å². The van der Waals surface area contributed by atoms with Crippen molar-refractivity contribution in [3.8, 4) is 11.3 Å². The highest BCUT2D eigenvalue weighted by atomic mass is 32.2. The Labute approximate surface area is 191 Å². The Balaban J connectivity index is 2.08. The van der Waals surface area contributed by atoms with Crippen molar-refractivity contribution in [2.24, 2.45) is 0 Å². The summed E-state index contributed by atoms with van der Waals surface area (Å²) in [6, 6.07) is 7.24. The number of pyridine rings is 1. The number of nitrogens with one attached hydrogen (secondary N) is 1. The molecular formula is C22H24FN3O6S. The summed E-state index contributed by atoms with van der Waals surface area (Å²) in [7, 11) is -1.48. The lowest BCUT2D eigenvalue weighted by Gasteiger charge is -2.16. The second kappa shape index (κ2) is 10.5. The number of furan rings is 1. The standard InChI is InChI=1S/C22H24FN3O6S/c1-3-13-11-16-19(21(29)24-2)20(14-6-8-15(23)9-7-14)32-22(16)25-17(13)12-26(33(30)31)10-4-5-18(27)28/h6-9,11,33H,3-5,10,12H2,1-2H3,(H,24,29)(H,27,28). The minimum Gasteiger partial charge on any atom is -0.481 e. The maximum absolute atomic E-state index is 13.4. The molecule has 11 heteroatoms. The zero-order chi connectivity index (χ0) is 24.1. The van der Waals surface area contributed by atoms with Crippen molar-refractivity contribution in [3.05, 3.63) is 53.0 Å². The number of aromatic nitrogens is 1.